The molecule has 84 valence electrons. The fraction of sp³-hybridized carbons (Fsp3) is 0. The van der Waals surface area contributed by atoms with Gasteiger partial charge < -0.3 is 9.73 Å². The second-order valence-corrected chi connectivity index (χ2v) is 4.87. The summed E-state index contributed by atoms with van der Waals surface area (Å²) in [5.74, 6) is 0. The second-order valence-electron chi connectivity index (χ2n) is 3.62. The molecule has 3 nitrogen and oxygen atoms in total. The van der Waals surface area contributed by atoms with Gasteiger partial charge >= 0.3 is 0 Å². The zero-order valence-corrected chi connectivity index (χ0v) is 11.0. The third kappa shape index (κ3) is 2.26. The number of nitrogens with zero attached hydrogens (tertiary/aromatic N) is 1. The molecule has 0 aliphatic rings. The molecule has 3 aromatic rings. The van der Waals surface area contributed by atoms with E-state index in [1.54, 1.807) is 0 Å². The van der Waals surface area contributed by atoms with Crippen molar-refractivity contribution in [2.24, 2.45) is 0 Å². The molecular formula is C13H9IN2O. The van der Waals surface area contributed by atoms with Crippen LogP contribution in [0, 0.1) is 3.57 Å². The molecule has 0 aliphatic heterocycles. The number of nitrogens with one attached hydrogen (secondary N) is 1. The second kappa shape index (κ2) is 4.37. The highest BCUT2D eigenvalue weighted by Gasteiger charge is 2.04. The van der Waals surface area contributed by atoms with E-state index in [0.29, 0.717) is 6.01 Å². The van der Waals surface area contributed by atoms with Crippen LogP contribution in [0.25, 0.3) is 11.1 Å². The van der Waals surface area contributed by atoms with Crippen LogP contribution < -0.4 is 5.32 Å². The Morgan fingerprint density at radius 1 is 1.06 bits per heavy atom. The molecule has 0 spiro atoms. The third-order valence-corrected chi connectivity index (χ3v) is 3.04. The number of anilines is 2. The van der Waals surface area contributed by atoms with E-state index in [-0.39, 0.29) is 0 Å². The summed E-state index contributed by atoms with van der Waals surface area (Å²) in [4.78, 5) is 4.36. The van der Waals surface area contributed by atoms with E-state index in [1.165, 1.54) is 3.57 Å². The van der Waals surface area contributed by atoms with Crippen LogP contribution in [0.1, 0.15) is 0 Å². The first kappa shape index (κ1) is 10.6. The number of oxazole rings is 1. The summed E-state index contributed by atoms with van der Waals surface area (Å²) >= 11 is 2.27. The molecule has 0 unspecified atom stereocenters. The normalized spacial score (nSPS) is 10.6. The maximum Gasteiger partial charge on any atom is 0.300 e. The summed E-state index contributed by atoms with van der Waals surface area (Å²) in [6, 6.07) is 16.3. The minimum absolute atomic E-state index is 0.521. The minimum Gasteiger partial charge on any atom is -0.423 e. The zero-order chi connectivity index (χ0) is 11.7. The molecule has 0 atom stereocenters. The Morgan fingerprint density at radius 3 is 2.76 bits per heavy atom. The van der Waals surface area contributed by atoms with E-state index in [4.69, 9.17) is 4.42 Å². The van der Waals surface area contributed by atoms with Gasteiger partial charge in [0, 0.05) is 9.26 Å². The Kier molecular flexibility index (Phi) is 2.72. The summed E-state index contributed by atoms with van der Waals surface area (Å²) in [5, 5.41) is 3.15. The van der Waals surface area contributed by atoms with E-state index >= 15 is 0 Å². The van der Waals surface area contributed by atoms with Gasteiger partial charge in [-0.15, -0.1) is 0 Å². The number of fused-ring (bicyclic) bond motifs is 1. The molecule has 0 fully saturated rings. The van der Waals surface area contributed by atoms with Crippen LogP contribution in [0.5, 0.6) is 0 Å². The summed E-state index contributed by atoms with van der Waals surface area (Å²) in [6.07, 6.45) is 0. The molecule has 0 amide bonds. The van der Waals surface area contributed by atoms with Gasteiger partial charge in [0.1, 0.15) is 5.52 Å². The van der Waals surface area contributed by atoms with Crippen LogP contribution in [-0.4, -0.2) is 4.98 Å². The highest BCUT2D eigenvalue weighted by atomic mass is 127. The van der Waals surface area contributed by atoms with Crippen LogP contribution in [-0.2, 0) is 0 Å². The fourth-order valence-corrected chi connectivity index (χ4v) is 2.16. The standard InChI is InChI=1S/C13H9IN2O/c14-9-4-3-5-10(8-9)15-13-16-11-6-1-2-7-12(11)17-13/h1-8H,(H,15,16). The summed E-state index contributed by atoms with van der Waals surface area (Å²) < 4.78 is 6.76. The van der Waals surface area contributed by atoms with E-state index in [0.717, 1.165) is 16.8 Å². The van der Waals surface area contributed by atoms with Crippen molar-refractivity contribution in [2.75, 3.05) is 5.32 Å². The predicted molar refractivity (Wildman–Crippen MR) is 76.5 cm³/mol. The average molecular weight is 336 g/mol. The molecule has 17 heavy (non-hydrogen) atoms. The number of hydrogen-bond acceptors (Lipinski definition) is 3. The van der Waals surface area contributed by atoms with Crippen molar-refractivity contribution >= 4 is 45.4 Å². The van der Waals surface area contributed by atoms with Crippen molar-refractivity contribution in [1.29, 1.82) is 0 Å². The summed E-state index contributed by atoms with van der Waals surface area (Å²) in [6.45, 7) is 0. The van der Waals surface area contributed by atoms with E-state index in [9.17, 15) is 0 Å². The Hall–Kier alpha value is -1.56. The van der Waals surface area contributed by atoms with Crippen molar-refractivity contribution in [3.05, 3.63) is 52.1 Å². The van der Waals surface area contributed by atoms with Gasteiger partial charge in [0.05, 0.1) is 0 Å². The molecular weight excluding hydrogens is 327 g/mol. The van der Waals surface area contributed by atoms with E-state index in [1.807, 2.05) is 48.5 Å². The largest absolute Gasteiger partial charge is 0.423 e. The van der Waals surface area contributed by atoms with Crippen LogP contribution in [0.3, 0.4) is 0 Å². The molecule has 1 N–H and O–H groups in total. The minimum atomic E-state index is 0.521. The lowest BCUT2D eigenvalue weighted by Gasteiger charge is -2.00. The summed E-state index contributed by atoms with van der Waals surface area (Å²) in [5.41, 5.74) is 2.63. The molecule has 0 radical (unpaired) electrons. The lowest BCUT2D eigenvalue weighted by atomic mass is 10.3. The molecule has 2 aromatic carbocycles. The van der Waals surface area contributed by atoms with Gasteiger partial charge in [-0.25, -0.2) is 0 Å². The van der Waals surface area contributed by atoms with Crippen molar-refractivity contribution in [2.45, 2.75) is 0 Å². The monoisotopic (exact) mass is 336 g/mol. The van der Waals surface area contributed by atoms with E-state index in [2.05, 4.69) is 32.9 Å². The molecule has 4 heteroatoms. The topological polar surface area (TPSA) is 38.1 Å². The van der Waals surface area contributed by atoms with Crippen molar-refractivity contribution < 1.29 is 4.42 Å². The first-order valence-electron chi connectivity index (χ1n) is 5.19. The number of para-hydroxylation sites is 2. The zero-order valence-electron chi connectivity index (χ0n) is 8.85. The summed E-state index contributed by atoms with van der Waals surface area (Å²) in [7, 11) is 0. The Balaban J connectivity index is 1.94. The smallest absolute Gasteiger partial charge is 0.300 e. The van der Waals surface area contributed by atoms with Gasteiger partial charge in [-0.2, -0.15) is 4.98 Å². The van der Waals surface area contributed by atoms with Gasteiger partial charge in [-0.1, -0.05) is 18.2 Å². The fourth-order valence-electron chi connectivity index (χ4n) is 1.62. The van der Waals surface area contributed by atoms with Gasteiger partial charge in [0.25, 0.3) is 6.01 Å². The van der Waals surface area contributed by atoms with E-state index < -0.39 is 0 Å². The van der Waals surface area contributed by atoms with Crippen LogP contribution in [0.4, 0.5) is 11.7 Å². The lowest BCUT2D eigenvalue weighted by molar-refractivity contribution is 0.623. The number of aromatic nitrogens is 1. The molecule has 0 aliphatic carbocycles. The Morgan fingerprint density at radius 2 is 1.94 bits per heavy atom. The molecule has 1 aromatic heterocycles. The van der Waals surface area contributed by atoms with Gasteiger partial charge in [-0.05, 0) is 52.9 Å². The first-order chi connectivity index (χ1) is 8.31. The number of halogens is 1. The number of rotatable bonds is 2. The van der Waals surface area contributed by atoms with Gasteiger partial charge in [0.2, 0.25) is 0 Å². The maximum atomic E-state index is 5.59. The third-order valence-electron chi connectivity index (χ3n) is 2.37. The average Bonchev–Trinajstić information content (AvgIpc) is 2.71. The number of benzene rings is 2. The quantitative estimate of drug-likeness (QED) is 0.714. The molecule has 0 bridgehead atoms. The lowest BCUT2D eigenvalue weighted by Crippen LogP contribution is -1.89. The highest BCUT2D eigenvalue weighted by molar-refractivity contribution is 14.1. The Bertz CT molecular complexity index is 630. The van der Waals surface area contributed by atoms with Gasteiger partial charge in [0.15, 0.2) is 5.58 Å². The predicted octanol–water partition coefficient (Wildman–Crippen LogP) is 4.18. The molecule has 0 saturated carbocycles. The van der Waals surface area contributed by atoms with Crippen LogP contribution in [0.15, 0.2) is 52.9 Å². The molecule has 0 saturated heterocycles. The first-order valence-corrected chi connectivity index (χ1v) is 6.27. The van der Waals surface area contributed by atoms with Crippen molar-refractivity contribution in [3.63, 3.8) is 0 Å². The highest BCUT2D eigenvalue weighted by Crippen LogP contribution is 2.22. The van der Waals surface area contributed by atoms with Crippen LogP contribution in [0.2, 0.25) is 0 Å². The van der Waals surface area contributed by atoms with Crippen molar-refractivity contribution in [3.8, 4) is 0 Å². The van der Waals surface area contributed by atoms with Gasteiger partial charge in [-0.3, -0.25) is 0 Å². The number of hydrogen-bond donors (Lipinski definition) is 1. The van der Waals surface area contributed by atoms with Crippen LogP contribution >= 0.6 is 22.6 Å². The molecule has 1 heterocycles. The maximum absolute atomic E-state index is 5.59. The SMILES string of the molecule is Ic1cccc(Nc2nc3ccccc3o2)c1. The Labute approximate surface area is 112 Å². The van der Waals surface area contributed by atoms with Crippen molar-refractivity contribution in [1.82, 2.24) is 4.98 Å². The molecule has 3 rings (SSSR count).